The summed E-state index contributed by atoms with van der Waals surface area (Å²) < 4.78 is 0. The largest absolute Gasteiger partial charge is 0.480 e. The Labute approximate surface area is 144 Å². The van der Waals surface area contributed by atoms with Crippen molar-refractivity contribution < 1.29 is 29.7 Å². The Morgan fingerprint density at radius 1 is 1.16 bits per heavy atom. The molecule has 0 fully saturated rings. The van der Waals surface area contributed by atoms with Crippen LogP contribution < -0.4 is 27.8 Å². The Balaban J connectivity index is 4.59. The summed E-state index contributed by atoms with van der Waals surface area (Å²) >= 11 is 0. The maximum Gasteiger partial charge on any atom is 0.328 e. The maximum absolute atomic E-state index is 11.9. The predicted molar refractivity (Wildman–Crippen MR) is 88.2 cm³/mol. The zero-order valence-electron chi connectivity index (χ0n) is 13.9. The van der Waals surface area contributed by atoms with Gasteiger partial charge in [-0.05, 0) is 19.8 Å². The van der Waals surface area contributed by atoms with Gasteiger partial charge >= 0.3 is 5.97 Å². The lowest BCUT2D eigenvalue weighted by atomic mass is 10.1. The fraction of sp³-hybridized carbons (Fsp3) is 0.692. The number of carbonyl (C=O) groups excluding carboxylic acids is 2. The van der Waals surface area contributed by atoms with Crippen LogP contribution in [0.15, 0.2) is 4.99 Å². The quantitative estimate of drug-likeness (QED) is 0.101. The molecule has 0 aromatic rings. The lowest BCUT2D eigenvalue weighted by Crippen LogP contribution is -2.57. The lowest BCUT2D eigenvalue weighted by Gasteiger charge is -2.22. The molecule has 0 saturated heterocycles. The van der Waals surface area contributed by atoms with Crippen LogP contribution >= 0.6 is 0 Å². The van der Waals surface area contributed by atoms with E-state index in [1.54, 1.807) is 0 Å². The molecule has 0 radical (unpaired) electrons. The van der Waals surface area contributed by atoms with Gasteiger partial charge in [-0.25, -0.2) is 4.79 Å². The third-order valence-electron chi connectivity index (χ3n) is 3.17. The molecule has 4 unspecified atom stereocenters. The van der Waals surface area contributed by atoms with Crippen molar-refractivity contribution in [2.45, 2.75) is 44.0 Å². The van der Waals surface area contributed by atoms with Gasteiger partial charge in [0, 0.05) is 6.54 Å². The summed E-state index contributed by atoms with van der Waals surface area (Å²) in [6, 6.07) is -3.95. The standard InChI is InChI=1S/C13H26N6O6/c1-6(21)9(12(24)25)19-11(23)8(5-20)18-10(22)7(14)3-2-4-17-13(15)16/h6-9,20-21H,2-5,14H2,1H3,(H,18,22)(H,19,23)(H,24,25)(H4,15,16,17). The number of amides is 2. The number of carboxylic acid groups (broad SMARTS) is 1. The van der Waals surface area contributed by atoms with Gasteiger partial charge in [-0.2, -0.15) is 0 Å². The smallest absolute Gasteiger partial charge is 0.328 e. The summed E-state index contributed by atoms with van der Waals surface area (Å²) in [5, 5.41) is 31.7. The first-order chi connectivity index (χ1) is 11.6. The van der Waals surface area contributed by atoms with E-state index in [2.05, 4.69) is 10.3 Å². The summed E-state index contributed by atoms with van der Waals surface area (Å²) in [4.78, 5) is 38.5. The lowest BCUT2D eigenvalue weighted by molar-refractivity contribution is -0.145. The molecule has 25 heavy (non-hydrogen) atoms. The number of aliphatic carboxylic acids is 1. The molecule has 0 aliphatic carbocycles. The molecule has 0 heterocycles. The van der Waals surface area contributed by atoms with Gasteiger partial charge in [0.15, 0.2) is 12.0 Å². The van der Waals surface area contributed by atoms with Crippen molar-refractivity contribution in [1.29, 1.82) is 0 Å². The fourth-order valence-corrected chi connectivity index (χ4v) is 1.77. The van der Waals surface area contributed by atoms with E-state index in [1.807, 2.05) is 5.32 Å². The van der Waals surface area contributed by atoms with Crippen LogP contribution in [0.3, 0.4) is 0 Å². The number of nitrogens with one attached hydrogen (secondary N) is 2. The molecule has 144 valence electrons. The molecule has 0 rings (SSSR count). The van der Waals surface area contributed by atoms with Crippen molar-refractivity contribution in [2.24, 2.45) is 22.2 Å². The van der Waals surface area contributed by atoms with Crippen molar-refractivity contribution in [3.8, 4) is 0 Å². The number of nitrogens with two attached hydrogens (primary N) is 3. The van der Waals surface area contributed by atoms with Crippen LogP contribution in [0.5, 0.6) is 0 Å². The van der Waals surface area contributed by atoms with Gasteiger partial charge in [-0.3, -0.25) is 14.6 Å². The van der Waals surface area contributed by atoms with Gasteiger partial charge in [0.2, 0.25) is 11.8 Å². The highest BCUT2D eigenvalue weighted by Crippen LogP contribution is 1.98. The van der Waals surface area contributed by atoms with E-state index in [4.69, 9.17) is 22.3 Å². The van der Waals surface area contributed by atoms with Crippen molar-refractivity contribution in [3.63, 3.8) is 0 Å². The maximum atomic E-state index is 11.9. The third-order valence-corrected chi connectivity index (χ3v) is 3.17. The number of carbonyl (C=O) groups is 3. The summed E-state index contributed by atoms with van der Waals surface area (Å²) in [5.74, 6) is -3.20. The van der Waals surface area contributed by atoms with Gasteiger partial charge in [-0.15, -0.1) is 0 Å². The molecule has 0 aromatic heterocycles. The highest BCUT2D eigenvalue weighted by molar-refractivity contribution is 5.92. The van der Waals surface area contributed by atoms with Crippen LogP contribution in [0, 0.1) is 0 Å². The normalized spacial score (nSPS) is 15.4. The van der Waals surface area contributed by atoms with Crippen molar-refractivity contribution in [2.75, 3.05) is 13.2 Å². The molecule has 0 saturated carbocycles. The number of nitrogens with zero attached hydrogens (tertiary/aromatic N) is 1. The first-order valence-corrected chi connectivity index (χ1v) is 7.53. The number of aliphatic hydroxyl groups is 2. The minimum atomic E-state index is -1.58. The average molecular weight is 362 g/mol. The zero-order valence-corrected chi connectivity index (χ0v) is 13.9. The molecule has 0 aliphatic heterocycles. The summed E-state index contributed by atoms with van der Waals surface area (Å²) in [7, 11) is 0. The Morgan fingerprint density at radius 2 is 1.76 bits per heavy atom. The second kappa shape index (κ2) is 11.2. The minimum absolute atomic E-state index is 0.0823. The van der Waals surface area contributed by atoms with Gasteiger partial charge in [0.05, 0.1) is 18.8 Å². The number of rotatable bonds is 11. The first-order valence-electron chi connectivity index (χ1n) is 7.53. The van der Waals surface area contributed by atoms with Gasteiger partial charge in [0.1, 0.15) is 6.04 Å². The molecule has 12 heteroatoms. The predicted octanol–water partition coefficient (Wildman–Crippen LogP) is -4.21. The highest BCUT2D eigenvalue weighted by Gasteiger charge is 2.29. The zero-order chi connectivity index (χ0) is 19.6. The van der Waals surface area contributed by atoms with Crippen molar-refractivity contribution in [1.82, 2.24) is 10.6 Å². The third kappa shape index (κ3) is 8.83. The van der Waals surface area contributed by atoms with E-state index in [0.717, 1.165) is 0 Å². The van der Waals surface area contributed by atoms with Gasteiger partial charge in [0.25, 0.3) is 0 Å². The monoisotopic (exact) mass is 362 g/mol. The number of guanidine groups is 1. The van der Waals surface area contributed by atoms with E-state index >= 15 is 0 Å². The van der Waals surface area contributed by atoms with E-state index in [9.17, 15) is 24.6 Å². The highest BCUT2D eigenvalue weighted by atomic mass is 16.4. The molecule has 2 amide bonds. The Kier molecular flexibility index (Phi) is 10.1. The van der Waals surface area contributed by atoms with Crippen LogP contribution in [0.2, 0.25) is 0 Å². The number of hydrogen-bond donors (Lipinski definition) is 8. The molecule has 0 bridgehead atoms. The Bertz CT molecular complexity index is 493. The second-order valence-electron chi connectivity index (χ2n) is 5.36. The Hall–Kier alpha value is -2.44. The van der Waals surface area contributed by atoms with E-state index in [1.165, 1.54) is 6.92 Å². The van der Waals surface area contributed by atoms with E-state index in [0.29, 0.717) is 6.42 Å². The molecular formula is C13H26N6O6. The second-order valence-corrected chi connectivity index (χ2v) is 5.36. The van der Waals surface area contributed by atoms with Crippen LogP contribution in [-0.4, -0.2) is 76.4 Å². The summed E-state index contributed by atoms with van der Waals surface area (Å²) in [6.45, 7) is 0.685. The van der Waals surface area contributed by atoms with E-state index in [-0.39, 0.29) is 18.9 Å². The molecule has 0 spiro atoms. The molecule has 12 nitrogen and oxygen atoms in total. The topological polar surface area (TPSA) is 226 Å². The molecule has 4 atom stereocenters. The fourth-order valence-electron chi connectivity index (χ4n) is 1.77. The van der Waals surface area contributed by atoms with Crippen LogP contribution in [0.1, 0.15) is 19.8 Å². The molecule has 0 aliphatic rings. The van der Waals surface area contributed by atoms with Crippen molar-refractivity contribution in [3.05, 3.63) is 0 Å². The van der Waals surface area contributed by atoms with Crippen LogP contribution in [0.4, 0.5) is 0 Å². The number of carboxylic acids is 1. The summed E-state index contributed by atoms with van der Waals surface area (Å²) in [6.07, 6.45) is -0.714. The molecule has 0 aromatic carbocycles. The van der Waals surface area contributed by atoms with E-state index < -0.39 is 48.6 Å². The van der Waals surface area contributed by atoms with Crippen LogP contribution in [-0.2, 0) is 14.4 Å². The average Bonchev–Trinajstić information content (AvgIpc) is 2.52. The van der Waals surface area contributed by atoms with Gasteiger partial charge in [-0.1, -0.05) is 0 Å². The SMILES string of the molecule is CC(O)C(NC(=O)C(CO)NC(=O)C(N)CCCN=C(N)N)C(=O)O. The number of aliphatic hydroxyl groups excluding tert-OH is 2. The minimum Gasteiger partial charge on any atom is -0.480 e. The Morgan fingerprint density at radius 3 is 2.20 bits per heavy atom. The molecular weight excluding hydrogens is 336 g/mol. The first kappa shape index (κ1) is 22.6. The molecule has 11 N–H and O–H groups in total. The summed E-state index contributed by atoms with van der Waals surface area (Å²) in [5.41, 5.74) is 16.0. The van der Waals surface area contributed by atoms with Gasteiger partial charge < -0.3 is 43.2 Å². The number of hydrogen-bond acceptors (Lipinski definition) is 7. The van der Waals surface area contributed by atoms with Crippen molar-refractivity contribution >= 4 is 23.7 Å². The van der Waals surface area contributed by atoms with Crippen LogP contribution in [0.25, 0.3) is 0 Å². The number of aliphatic imine (C=N–C) groups is 1.